The fourth-order valence-corrected chi connectivity index (χ4v) is 3.97. The van der Waals surface area contributed by atoms with Crippen molar-refractivity contribution in [3.05, 3.63) is 29.3 Å². The van der Waals surface area contributed by atoms with Crippen molar-refractivity contribution in [2.45, 2.75) is 43.2 Å². The molecule has 8 heteroatoms. The summed E-state index contributed by atoms with van der Waals surface area (Å²) in [5.41, 5.74) is -4.56. The van der Waals surface area contributed by atoms with Crippen molar-refractivity contribution in [3.63, 3.8) is 0 Å². The number of aromatic hydroxyl groups is 1. The molecule has 26 heavy (non-hydrogen) atoms. The minimum atomic E-state index is -2.34. The summed E-state index contributed by atoms with van der Waals surface area (Å²) < 4.78 is 15.7. The molecule has 2 aliphatic rings. The summed E-state index contributed by atoms with van der Waals surface area (Å²) in [6.07, 6.45) is -2.31. The van der Waals surface area contributed by atoms with Crippen LogP contribution in [0.4, 0.5) is 0 Å². The fraction of sp³-hybridized carbons (Fsp3) is 0.500. The quantitative estimate of drug-likeness (QED) is 0.750. The van der Waals surface area contributed by atoms with Crippen molar-refractivity contribution in [1.29, 1.82) is 0 Å². The minimum absolute atomic E-state index is 0.0348. The molecule has 0 spiro atoms. The first-order chi connectivity index (χ1) is 12.2. The van der Waals surface area contributed by atoms with E-state index < -0.39 is 46.7 Å². The summed E-state index contributed by atoms with van der Waals surface area (Å²) in [5.74, 6) is -2.44. The Morgan fingerprint density at radius 3 is 2.62 bits per heavy atom. The molecule has 1 fully saturated rings. The van der Waals surface area contributed by atoms with Crippen molar-refractivity contribution < 1.29 is 38.8 Å². The van der Waals surface area contributed by atoms with Crippen LogP contribution in [0.3, 0.4) is 0 Å². The molecule has 3 rings (SSSR count). The Morgan fingerprint density at radius 1 is 1.31 bits per heavy atom. The average molecular weight is 364 g/mol. The van der Waals surface area contributed by atoms with Crippen molar-refractivity contribution in [1.82, 2.24) is 0 Å². The van der Waals surface area contributed by atoms with E-state index >= 15 is 0 Å². The number of ether oxygens (including phenoxy) is 3. The summed E-state index contributed by atoms with van der Waals surface area (Å²) in [6, 6.07) is 4.09. The molecule has 1 aliphatic carbocycles. The molecule has 140 valence electrons. The molecule has 1 heterocycles. The van der Waals surface area contributed by atoms with Crippen LogP contribution < -0.4 is 0 Å². The van der Waals surface area contributed by atoms with Gasteiger partial charge in [0.25, 0.3) is 0 Å². The Hall–Kier alpha value is -2.29. The van der Waals surface area contributed by atoms with Gasteiger partial charge in [0.05, 0.1) is 31.3 Å². The monoisotopic (exact) mass is 364 g/mol. The first-order valence-corrected chi connectivity index (χ1v) is 8.14. The van der Waals surface area contributed by atoms with Crippen LogP contribution in [0.15, 0.2) is 18.2 Å². The largest absolute Gasteiger partial charge is 0.507 e. The van der Waals surface area contributed by atoms with Gasteiger partial charge in [-0.15, -0.1) is 0 Å². The first kappa shape index (κ1) is 18.5. The van der Waals surface area contributed by atoms with Crippen LogP contribution in [-0.4, -0.2) is 65.4 Å². The number of Topliss-reactive ketones (excluding diaryl/α,β-unsaturated/α-hetero) is 2. The van der Waals surface area contributed by atoms with Crippen LogP contribution in [0, 0.1) is 0 Å². The van der Waals surface area contributed by atoms with E-state index in [9.17, 15) is 24.6 Å². The Morgan fingerprint density at radius 2 is 2.00 bits per heavy atom. The Balaban J connectivity index is 2.17. The summed E-state index contributed by atoms with van der Waals surface area (Å²) in [7, 11) is 2.45. The molecule has 8 nitrogen and oxygen atoms in total. The molecule has 1 saturated heterocycles. The fourth-order valence-electron chi connectivity index (χ4n) is 3.97. The number of hydrogen-bond acceptors (Lipinski definition) is 8. The molecule has 1 aromatic rings. The van der Waals surface area contributed by atoms with Crippen LogP contribution in [-0.2, 0) is 19.0 Å². The van der Waals surface area contributed by atoms with Gasteiger partial charge in [0, 0.05) is 19.1 Å². The lowest BCUT2D eigenvalue weighted by atomic mass is 9.61. The van der Waals surface area contributed by atoms with Crippen molar-refractivity contribution in [2.24, 2.45) is 0 Å². The molecule has 0 radical (unpaired) electrons. The Bertz CT molecular complexity index is 787. The third-order valence-electron chi connectivity index (χ3n) is 5.31. The zero-order valence-electron chi connectivity index (χ0n) is 14.6. The molecule has 0 aromatic heterocycles. The van der Waals surface area contributed by atoms with Crippen molar-refractivity contribution in [3.8, 4) is 5.75 Å². The van der Waals surface area contributed by atoms with Gasteiger partial charge in [-0.2, -0.15) is 0 Å². The molecular weight excluding hydrogens is 344 g/mol. The number of aliphatic hydroxyl groups is 1. The number of fused-ring (bicyclic) bond motifs is 2. The second-order valence-electron chi connectivity index (χ2n) is 6.54. The number of carbonyl (C=O) groups is 3. The lowest BCUT2D eigenvalue weighted by Gasteiger charge is -2.54. The van der Waals surface area contributed by atoms with E-state index in [1.54, 1.807) is 0 Å². The van der Waals surface area contributed by atoms with Gasteiger partial charge in [0.2, 0.25) is 5.78 Å². The molecule has 2 N–H and O–H groups in total. The highest BCUT2D eigenvalue weighted by atomic mass is 16.6. The summed E-state index contributed by atoms with van der Waals surface area (Å²) in [5, 5.41) is 21.3. The maximum absolute atomic E-state index is 13.2. The number of esters is 1. The lowest BCUT2D eigenvalue weighted by Crippen LogP contribution is -2.75. The van der Waals surface area contributed by atoms with Gasteiger partial charge in [0.1, 0.15) is 5.75 Å². The molecule has 0 saturated carbocycles. The van der Waals surface area contributed by atoms with Gasteiger partial charge in [-0.05, 0) is 13.0 Å². The molecule has 4 atom stereocenters. The maximum Gasteiger partial charge on any atom is 0.308 e. The van der Waals surface area contributed by atoms with E-state index in [0.29, 0.717) is 0 Å². The lowest BCUT2D eigenvalue weighted by molar-refractivity contribution is -0.236. The van der Waals surface area contributed by atoms with Gasteiger partial charge in [-0.25, -0.2) is 0 Å². The van der Waals surface area contributed by atoms with E-state index in [4.69, 9.17) is 9.47 Å². The Labute approximate surface area is 149 Å². The number of rotatable bonds is 3. The number of phenolic OH excluding ortho intramolecular Hbond substituents is 1. The molecule has 1 aromatic carbocycles. The average Bonchev–Trinajstić information content (AvgIpc) is 2.62. The van der Waals surface area contributed by atoms with Gasteiger partial charge >= 0.3 is 5.97 Å². The summed E-state index contributed by atoms with van der Waals surface area (Å²) >= 11 is 0. The third kappa shape index (κ3) is 2.22. The van der Waals surface area contributed by atoms with Gasteiger partial charge in [-0.3, -0.25) is 14.4 Å². The minimum Gasteiger partial charge on any atom is -0.507 e. The number of hydrogen-bond donors (Lipinski definition) is 2. The zero-order valence-corrected chi connectivity index (χ0v) is 14.6. The topological polar surface area (TPSA) is 119 Å². The molecule has 0 unspecified atom stereocenters. The summed E-state index contributed by atoms with van der Waals surface area (Å²) in [4.78, 5) is 37.9. The number of benzene rings is 1. The Kier molecular flexibility index (Phi) is 4.38. The van der Waals surface area contributed by atoms with Crippen LogP contribution in [0.5, 0.6) is 5.75 Å². The third-order valence-corrected chi connectivity index (χ3v) is 5.31. The van der Waals surface area contributed by atoms with E-state index in [0.717, 1.165) is 0 Å². The standard InChI is InChI=1S/C18H20O8/c1-9-18(23)16(22)14-11(5-4-6-12(14)19)15(21)17(18,25-3)8-10(26-9)7-13(20)24-2/h4-6,9-10,19,23H,7-8H2,1-3H3/t9-,10-,17+,18-/m0/s1. The molecule has 0 amide bonds. The van der Waals surface area contributed by atoms with Crippen LogP contribution in [0.25, 0.3) is 0 Å². The van der Waals surface area contributed by atoms with Gasteiger partial charge in [-0.1, -0.05) is 12.1 Å². The highest BCUT2D eigenvalue weighted by Gasteiger charge is 2.70. The van der Waals surface area contributed by atoms with Crippen LogP contribution in [0.2, 0.25) is 0 Å². The van der Waals surface area contributed by atoms with E-state index in [1.807, 2.05) is 0 Å². The molecular formula is C18H20O8. The number of methoxy groups -OCH3 is 2. The van der Waals surface area contributed by atoms with Gasteiger partial charge in [0.15, 0.2) is 17.0 Å². The molecule has 0 bridgehead atoms. The van der Waals surface area contributed by atoms with Crippen molar-refractivity contribution in [2.75, 3.05) is 14.2 Å². The van der Waals surface area contributed by atoms with Crippen LogP contribution >= 0.6 is 0 Å². The van der Waals surface area contributed by atoms with E-state index in [1.165, 1.54) is 39.3 Å². The van der Waals surface area contributed by atoms with Crippen molar-refractivity contribution >= 4 is 17.5 Å². The second kappa shape index (κ2) is 6.15. The second-order valence-corrected chi connectivity index (χ2v) is 6.54. The zero-order chi connectivity index (χ0) is 19.3. The predicted molar refractivity (Wildman–Crippen MR) is 87.0 cm³/mol. The number of ketones is 2. The highest BCUT2D eigenvalue weighted by molar-refractivity contribution is 6.23. The van der Waals surface area contributed by atoms with E-state index in [2.05, 4.69) is 4.74 Å². The predicted octanol–water partition coefficient (Wildman–Crippen LogP) is 0.628. The van der Waals surface area contributed by atoms with Crippen LogP contribution in [0.1, 0.15) is 40.5 Å². The highest BCUT2D eigenvalue weighted by Crippen LogP contribution is 2.49. The van der Waals surface area contributed by atoms with Gasteiger partial charge < -0.3 is 24.4 Å². The normalized spacial score (nSPS) is 33.4. The SMILES string of the molecule is COC(=O)C[C@H]1C[C@@]2(OC)C(=O)c3cccc(O)c3C(=O)[C@@]2(O)[C@H](C)O1. The number of carbonyl (C=O) groups excluding carboxylic acids is 3. The summed E-state index contributed by atoms with van der Waals surface area (Å²) in [6.45, 7) is 1.42. The maximum atomic E-state index is 13.2. The van der Waals surface area contributed by atoms with E-state index in [-0.39, 0.29) is 24.0 Å². The smallest absolute Gasteiger partial charge is 0.308 e. The molecule has 1 aliphatic heterocycles. The number of phenols is 1. The first-order valence-electron chi connectivity index (χ1n) is 8.14.